The first-order chi connectivity index (χ1) is 9.86. The van der Waals surface area contributed by atoms with Crippen LogP contribution in [0.4, 0.5) is 0 Å². The maximum atomic E-state index is 3.52. The molecule has 0 aliphatic heterocycles. The third-order valence-electron chi connectivity index (χ3n) is 2.75. The van der Waals surface area contributed by atoms with Gasteiger partial charge in [-0.15, -0.1) is 0 Å². The highest BCUT2D eigenvalue weighted by atomic mass is 14.9. The molecule has 110 valence electrons. The van der Waals surface area contributed by atoms with Crippen molar-refractivity contribution < 1.29 is 0 Å². The van der Waals surface area contributed by atoms with E-state index in [2.05, 4.69) is 60.8 Å². The van der Waals surface area contributed by atoms with Crippen molar-refractivity contribution in [2.24, 2.45) is 0 Å². The number of nitrogens with one attached hydrogen (secondary N) is 1. The van der Waals surface area contributed by atoms with Gasteiger partial charge in [-0.3, -0.25) is 0 Å². The van der Waals surface area contributed by atoms with Crippen molar-refractivity contribution in [3.8, 4) is 0 Å². The molecule has 2 rings (SSSR count). The third kappa shape index (κ3) is 7.10. The van der Waals surface area contributed by atoms with Crippen molar-refractivity contribution in [1.29, 1.82) is 0 Å². The van der Waals surface area contributed by atoms with Crippen molar-refractivity contribution in [3.63, 3.8) is 0 Å². The van der Waals surface area contributed by atoms with Gasteiger partial charge in [0.15, 0.2) is 0 Å². The van der Waals surface area contributed by atoms with Gasteiger partial charge in [0.25, 0.3) is 0 Å². The van der Waals surface area contributed by atoms with Crippen molar-refractivity contribution >= 4 is 0 Å². The summed E-state index contributed by atoms with van der Waals surface area (Å²) in [6.45, 7) is 11.1. The number of hydrogen-bond acceptors (Lipinski definition) is 1. The van der Waals surface area contributed by atoms with Crippen molar-refractivity contribution in [1.82, 2.24) is 5.32 Å². The highest BCUT2D eigenvalue weighted by molar-refractivity contribution is 5.19. The van der Waals surface area contributed by atoms with Crippen LogP contribution in [0.5, 0.6) is 0 Å². The molecule has 0 saturated carbocycles. The molecule has 2 aromatic rings. The maximum absolute atomic E-state index is 3.52. The van der Waals surface area contributed by atoms with Crippen LogP contribution in [0.3, 0.4) is 0 Å². The Bertz CT molecular complexity index is 408. The summed E-state index contributed by atoms with van der Waals surface area (Å²) in [4.78, 5) is 0. The molecular weight excluding hydrogens is 242 g/mol. The first kappa shape index (κ1) is 18.4. The Morgan fingerprint density at radius 3 is 1.70 bits per heavy atom. The summed E-state index contributed by atoms with van der Waals surface area (Å²) in [5.41, 5.74) is 2.66. The van der Waals surface area contributed by atoms with Crippen molar-refractivity contribution in [3.05, 3.63) is 71.8 Å². The molecule has 0 spiro atoms. The van der Waals surface area contributed by atoms with Crippen LogP contribution >= 0.6 is 0 Å². The molecular formula is C19H29N. The Morgan fingerprint density at radius 2 is 1.20 bits per heavy atom. The highest BCUT2D eigenvalue weighted by Crippen LogP contribution is 2.11. The van der Waals surface area contributed by atoms with Gasteiger partial charge < -0.3 is 5.32 Å². The van der Waals surface area contributed by atoms with E-state index >= 15 is 0 Å². The van der Waals surface area contributed by atoms with E-state index in [0.29, 0.717) is 6.04 Å². The molecule has 1 N–H and O–H groups in total. The first-order valence-corrected chi connectivity index (χ1v) is 7.68. The minimum Gasteiger partial charge on any atom is -0.306 e. The molecule has 0 heterocycles. The Morgan fingerprint density at radius 1 is 0.750 bits per heavy atom. The molecule has 1 nitrogen and oxygen atoms in total. The van der Waals surface area contributed by atoms with Crippen LogP contribution in [0.2, 0.25) is 0 Å². The van der Waals surface area contributed by atoms with E-state index in [4.69, 9.17) is 0 Å². The fourth-order valence-corrected chi connectivity index (χ4v) is 1.73. The lowest BCUT2D eigenvalue weighted by Crippen LogP contribution is -2.17. The van der Waals surface area contributed by atoms with Gasteiger partial charge in [-0.1, -0.05) is 88.4 Å². The summed E-state index contributed by atoms with van der Waals surface area (Å²) in [5.74, 6) is 0. The smallest absolute Gasteiger partial charge is 0.0294 e. The molecule has 0 amide bonds. The molecule has 2 aromatic carbocycles. The summed E-state index contributed by atoms with van der Waals surface area (Å²) in [7, 11) is 0. The molecule has 0 fully saturated rings. The van der Waals surface area contributed by atoms with Crippen LogP contribution in [-0.4, -0.2) is 0 Å². The Balaban J connectivity index is 0.000000829. The fourth-order valence-electron chi connectivity index (χ4n) is 1.73. The van der Waals surface area contributed by atoms with Crippen LogP contribution in [0.25, 0.3) is 0 Å². The second kappa shape index (κ2) is 12.4. The SMILES string of the molecule is CC.CC.C[C@@H](NCc1ccccc1)c1ccccc1. The largest absolute Gasteiger partial charge is 0.306 e. The van der Waals surface area contributed by atoms with Gasteiger partial charge in [0, 0.05) is 12.6 Å². The number of benzene rings is 2. The standard InChI is InChI=1S/C15H17N.2C2H6/c1-13(15-10-6-3-7-11-15)16-12-14-8-4-2-5-9-14;2*1-2/h2-11,13,16H,12H2,1H3;2*1-2H3/t13-;;/m1../s1. The third-order valence-corrected chi connectivity index (χ3v) is 2.75. The Hall–Kier alpha value is -1.60. The van der Waals surface area contributed by atoms with Crippen LogP contribution < -0.4 is 5.32 Å². The van der Waals surface area contributed by atoms with Crippen molar-refractivity contribution in [2.45, 2.75) is 47.2 Å². The predicted octanol–water partition coefficient (Wildman–Crippen LogP) is 5.59. The average Bonchev–Trinajstić information content (AvgIpc) is 2.58. The van der Waals surface area contributed by atoms with E-state index in [1.165, 1.54) is 11.1 Å². The van der Waals surface area contributed by atoms with Gasteiger partial charge in [0.1, 0.15) is 0 Å². The van der Waals surface area contributed by atoms with E-state index in [1.807, 2.05) is 39.8 Å². The predicted molar refractivity (Wildman–Crippen MR) is 90.8 cm³/mol. The van der Waals surface area contributed by atoms with E-state index in [9.17, 15) is 0 Å². The normalized spacial score (nSPS) is 10.4. The van der Waals surface area contributed by atoms with E-state index in [0.717, 1.165) is 6.54 Å². The minimum absolute atomic E-state index is 0.390. The average molecular weight is 271 g/mol. The van der Waals surface area contributed by atoms with Gasteiger partial charge in [0.05, 0.1) is 0 Å². The van der Waals surface area contributed by atoms with Crippen LogP contribution in [0.15, 0.2) is 60.7 Å². The monoisotopic (exact) mass is 271 g/mol. The van der Waals surface area contributed by atoms with Gasteiger partial charge >= 0.3 is 0 Å². The molecule has 0 radical (unpaired) electrons. The van der Waals surface area contributed by atoms with Crippen LogP contribution in [0.1, 0.15) is 51.8 Å². The zero-order valence-electron chi connectivity index (χ0n) is 13.6. The van der Waals surface area contributed by atoms with Crippen LogP contribution in [0, 0.1) is 0 Å². The molecule has 0 saturated heterocycles. The summed E-state index contributed by atoms with van der Waals surface area (Å²) in [6, 6.07) is 21.4. The van der Waals surface area contributed by atoms with Gasteiger partial charge in [-0.25, -0.2) is 0 Å². The quantitative estimate of drug-likeness (QED) is 0.764. The second-order valence-electron chi connectivity index (χ2n) is 4.00. The lowest BCUT2D eigenvalue weighted by molar-refractivity contribution is 0.575. The van der Waals surface area contributed by atoms with Gasteiger partial charge in [0.2, 0.25) is 0 Å². The molecule has 0 aliphatic rings. The molecule has 1 atom stereocenters. The second-order valence-corrected chi connectivity index (χ2v) is 4.00. The molecule has 1 heteroatoms. The first-order valence-electron chi connectivity index (χ1n) is 7.68. The molecule has 0 aliphatic carbocycles. The molecule has 20 heavy (non-hydrogen) atoms. The Labute approximate surface area is 125 Å². The number of hydrogen-bond donors (Lipinski definition) is 1. The van der Waals surface area contributed by atoms with E-state index in [1.54, 1.807) is 0 Å². The van der Waals surface area contributed by atoms with E-state index < -0.39 is 0 Å². The van der Waals surface area contributed by atoms with Crippen LogP contribution in [-0.2, 0) is 6.54 Å². The zero-order valence-corrected chi connectivity index (χ0v) is 13.6. The highest BCUT2D eigenvalue weighted by Gasteiger charge is 2.02. The van der Waals surface area contributed by atoms with Gasteiger partial charge in [-0.05, 0) is 18.1 Å². The van der Waals surface area contributed by atoms with Gasteiger partial charge in [-0.2, -0.15) is 0 Å². The lowest BCUT2D eigenvalue weighted by Gasteiger charge is -2.14. The number of rotatable bonds is 4. The zero-order chi connectivity index (χ0) is 15.2. The summed E-state index contributed by atoms with van der Waals surface area (Å²) < 4.78 is 0. The van der Waals surface area contributed by atoms with E-state index in [-0.39, 0.29) is 0 Å². The fraction of sp³-hybridized carbons (Fsp3) is 0.368. The summed E-state index contributed by atoms with van der Waals surface area (Å²) >= 11 is 0. The maximum Gasteiger partial charge on any atom is 0.0294 e. The lowest BCUT2D eigenvalue weighted by atomic mass is 10.1. The molecule has 0 unspecified atom stereocenters. The Kier molecular flexibility index (Phi) is 11.4. The summed E-state index contributed by atoms with van der Waals surface area (Å²) in [5, 5.41) is 3.52. The molecule has 0 aromatic heterocycles. The minimum atomic E-state index is 0.390. The topological polar surface area (TPSA) is 12.0 Å². The summed E-state index contributed by atoms with van der Waals surface area (Å²) in [6.07, 6.45) is 0. The van der Waals surface area contributed by atoms with Crippen molar-refractivity contribution in [2.75, 3.05) is 0 Å². The molecule has 0 bridgehead atoms.